The summed E-state index contributed by atoms with van der Waals surface area (Å²) in [4.78, 5) is 13.6. The van der Waals surface area contributed by atoms with E-state index in [2.05, 4.69) is 34.6 Å². The largest absolute Gasteiger partial charge is 0.431 e. The topological polar surface area (TPSA) is 126 Å². The monoisotopic (exact) mass is 564 g/mol. The normalized spacial score (nSPS) is 46.0. The SMILES string of the molecule is CC(C)CCC[C@@H](C)[C@H]1CC[C@H]2C3=C(CC[C@]12C)[C@@]1(C)CC[C@H](OC2O[C@H](CO)[C@@H](O)[C@H](O)[C@H]2O)C[C@@H]1C(=O)O3. The number of esters is 1. The molecule has 8 heteroatoms. The van der Waals surface area contributed by atoms with Gasteiger partial charge in [0, 0.05) is 11.3 Å². The Labute approximate surface area is 239 Å². The van der Waals surface area contributed by atoms with E-state index in [9.17, 15) is 25.2 Å². The van der Waals surface area contributed by atoms with Crippen molar-refractivity contribution in [2.45, 2.75) is 136 Å². The molecule has 228 valence electrons. The number of aliphatic hydroxyl groups excluding tert-OH is 4. The molecule has 0 aromatic rings. The molecule has 0 aromatic heterocycles. The van der Waals surface area contributed by atoms with E-state index in [4.69, 9.17) is 14.2 Å². The molecule has 4 N–H and O–H groups in total. The zero-order valence-electron chi connectivity index (χ0n) is 25.1. The molecule has 12 atom stereocenters. The molecule has 1 saturated heterocycles. The van der Waals surface area contributed by atoms with Gasteiger partial charge in [0.2, 0.25) is 0 Å². The van der Waals surface area contributed by atoms with Crippen molar-refractivity contribution in [3.8, 4) is 0 Å². The van der Waals surface area contributed by atoms with Crippen molar-refractivity contribution in [1.82, 2.24) is 0 Å². The molecule has 2 saturated carbocycles. The number of carbonyl (C=O) groups is 1. The van der Waals surface area contributed by atoms with Crippen LogP contribution in [0.1, 0.15) is 98.8 Å². The summed E-state index contributed by atoms with van der Waals surface area (Å²) >= 11 is 0. The third-order valence-corrected chi connectivity index (χ3v) is 11.7. The summed E-state index contributed by atoms with van der Waals surface area (Å²) in [6.07, 6.45) is 3.20. The van der Waals surface area contributed by atoms with E-state index in [0.717, 1.165) is 37.4 Å². The van der Waals surface area contributed by atoms with Crippen LogP contribution in [0.25, 0.3) is 0 Å². The van der Waals surface area contributed by atoms with Crippen LogP contribution in [-0.2, 0) is 19.0 Å². The van der Waals surface area contributed by atoms with Crippen LogP contribution in [0.15, 0.2) is 11.3 Å². The van der Waals surface area contributed by atoms with Crippen molar-refractivity contribution in [2.75, 3.05) is 6.61 Å². The summed E-state index contributed by atoms with van der Waals surface area (Å²) in [5, 5.41) is 40.2. The minimum Gasteiger partial charge on any atom is -0.431 e. The molecule has 3 fully saturated rings. The first-order valence-corrected chi connectivity index (χ1v) is 15.8. The van der Waals surface area contributed by atoms with E-state index in [1.54, 1.807) is 0 Å². The van der Waals surface area contributed by atoms with Gasteiger partial charge in [0.05, 0.1) is 18.6 Å². The molecular weight excluding hydrogens is 512 g/mol. The van der Waals surface area contributed by atoms with Crippen LogP contribution >= 0.6 is 0 Å². The molecule has 5 rings (SSSR count). The van der Waals surface area contributed by atoms with Crippen molar-refractivity contribution < 1.29 is 39.4 Å². The predicted molar refractivity (Wildman–Crippen MR) is 149 cm³/mol. The van der Waals surface area contributed by atoms with Crippen molar-refractivity contribution in [1.29, 1.82) is 0 Å². The van der Waals surface area contributed by atoms with E-state index in [-0.39, 0.29) is 28.8 Å². The number of hydrogen-bond acceptors (Lipinski definition) is 8. The Morgan fingerprint density at radius 2 is 1.73 bits per heavy atom. The Balaban J connectivity index is 1.29. The molecule has 0 amide bonds. The van der Waals surface area contributed by atoms with Gasteiger partial charge < -0.3 is 34.6 Å². The van der Waals surface area contributed by atoms with E-state index < -0.39 is 37.3 Å². The van der Waals surface area contributed by atoms with Gasteiger partial charge >= 0.3 is 5.97 Å². The summed E-state index contributed by atoms with van der Waals surface area (Å²) < 4.78 is 17.9. The molecular formula is C32H52O8. The molecule has 0 radical (unpaired) electrons. The van der Waals surface area contributed by atoms with E-state index in [1.807, 2.05) is 0 Å². The molecule has 8 nitrogen and oxygen atoms in total. The molecule has 0 bridgehead atoms. The van der Waals surface area contributed by atoms with Crippen molar-refractivity contribution >= 4 is 5.97 Å². The van der Waals surface area contributed by atoms with Crippen LogP contribution in [0.2, 0.25) is 0 Å². The lowest BCUT2D eigenvalue weighted by Crippen LogP contribution is -2.60. The fraction of sp³-hybridized carbons (Fsp3) is 0.906. The number of rotatable bonds is 8. The van der Waals surface area contributed by atoms with E-state index in [0.29, 0.717) is 30.6 Å². The second kappa shape index (κ2) is 11.6. The predicted octanol–water partition coefficient (Wildman–Crippen LogP) is 4.08. The second-order valence-corrected chi connectivity index (χ2v) is 14.5. The third kappa shape index (κ3) is 5.19. The number of carbonyl (C=O) groups excluding carboxylic acids is 1. The maximum Gasteiger partial charge on any atom is 0.315 e. The smallest absolute Gasteiger partial charge is 0.315 e. The van der Waals surface area contributed by atoms with Crippen molar-refractivity contribution in [3.63, 3.8) is 0 Å². The van der Waals surface area contributed by atoms with Gasteiger partial charge in [0.15, 0.2) is 6.29 Å². The van der Waals surface area contributed by atoms with Gasteiger partial charge in [-0.2, -0.15) is 0 Å². The minimum atomic E-state index is -1.48. The molecule has 1 unspecified atom stereocenters. The second-order valence-electron chi connectivity index (χ2n) is 14.5. The quantitative estimate of drug-likeness (QED) is 0.325. The Morgan fingerprint density at radius 1 is 0.975 bits per heavy atom. The molecule has 0 aromatic carbocycles. The van der Waals surface area contributed by atoms with Gasteiger partial charge in [-0.05, 0) is 73.7 Å². The van der Waals surface area contributed by atoms with Gasteiger partial charge in [0.1, 0.15) is 30.2 Å². The Kier molecular flexibility index (Phi) is 8.80. The Hall–Kier alpha value is -1.03. The molecule has 40 heavy (non-hydrogen) atoms. The third-order valence-electron chi connectivity index (χ3n) is 11.7. The maximum absolute atomic E-state index is 13.6. The van der Waals surface area contributed by atoms with Crippen LogP contribution < -0.4 is 0 Å². The number of fused-ring (bicyclic) bond motifs is 4. The molecule has 0 spiro atoms. The van der Waals surface area contributed by atoms with Gasteiger partial charge in [-0.25, -0.2) is 0 Å². The van der Waals surface area contributed by atoms with Crippen LogP contribution in [0.3, 0.4) is 0 Å². The first-order valence-electron chi connectivity index (χ1n) is 15.8. The van der Waals surface area contributed by atoms with Crippen LogP contribution in [0, 0.1) is 40.4 Å². The van der Waals surface area contributed by atoms with Gasteiger partial charge in [-0.3, -0.25) is 4.79 Å². The molecule has 5 aliphatic rings. The van der Waals surface area contributed by atoms with Crippen LogP contribution in [0.5, 0.6) is 0 Å². The van der Waals surface area contributed by atoms with Crippen LogP contribution in [0.4, 0.5) is 0 Å². The molecule has 3 aliphatic carbocycles. The lowest BCUT2D eigenvalue weighted by atomic mass is 9.54. The fourth-order valence-corrected chi connectivity index (χ4v) is 9.13. The zero-order chi connectivity index (χ0) is 29.0. The minimum absolute atomic E-state index is 0.170. The lowest BCUT2D eigenvalue weighted by Gasteiger charge is -2.53. The molecule has 2 aliphatic heterocycles. The van der Waals surface area contributed by atoms with Crippen molar-refractivity contribution in [2.24, 2.45) is 40.4 Å². The zero-order valence-corrected chi connectivity index (χ0v) is 25.1. The summed E-state index contributed by atoms with van der Waals surface area (Å²) in [7, 11) is 0. The summed E-state index contributed by atoms with van der Waals surface area (Å²) in [5.74, 6) is 2.84. The Bertz CT molecular complexity index is 963. The van der Waals surface area contributed by atoms with Gasteiger partial charge in [-0.1, -0.05) is 53.9 Å². The summed E-state index contributed by atoms with van der Waals surface area (Å²) in [6.45, 7) is 11.2. The number of allylic oxidation sites excluding steroid dienone is 2. The maximum atomic E-state index is 13.6. The highest BCUT2D eigenvalue weighted by Gasteiger charge is 2.60. The average Bonchev–Trinajstić information content (AvgIpc) is 3.27. The van der Waals surface area contributed by atoms with E-state index >= 15 is 0 Å². The summed E-state index contributed by atoms with van der Waals surface area (Å²) in [6, 6.07) is 0. The standard InChI is InChI=1S/C32H52O8/c1-17(2)7-6-8-18(3)20-9-10-21-28-22(12-14-31(20,21)4)32(5)13-11-19(15-23(32)29(37)40-28)38-30-27(36)26(35)25(34)24(16-33)39-30/h17-21,23-27,30,33-36H,6-16H2,1-5H3/t18-,19+,20-,21+,23-,24-,25-,26+,27-,30?,31-,32-/m1/s1. The Morgan fingerprint density at radius 3 is 2.42 bits per heavy atom. The average molecular weight is 565 g/mol. The van der Waals surface area contributed by atoms with Gasteiger partial charge in [-0.15, -0.1) is 0 Å². The highest BCUT2D eigenvalue weighted by atomic mass is 16.7. The van der Waals surface area contributed by atoms with Gasteiger partial charge in [0.25, 0.3) is 0 Å². The first kappa shape index (κ1) is 30.4. The molecule has 2 heterocycles. The highest BCUT2D eigenvalue weighted by molar-refractivity contribution is 5.77. The first-order chi connectivity index (χ1) is 18.9. The number of aliphatic hydroxyl groups is 4. The van der Waals surface area contributed by atoms with Crippen LogP contribution in [-0.4, -0.2) is 69.8 Å². The number of ether oxygens (including phenoxy) is 3. The fourth-order valence-electron chi connectivity index (χ4n) is 9.13. The van der Waals surface area contributed by atoms with Crippen molar-refractivity contribution in [3.05, 3.63) is 11.3 Å². The van der Waals surface area contributed by atoms with E-state index in [1.165, 1.54) is 31.3 Å². The highest BCUT2D eigenvalue weighted by Crippen LogP contribution is 2.65. The number of hydrogen-bond donors (Lipinski definition) is 4. The summed E-state index contributed by atoms with van der Waals surface area (Å²) in [5.41, 5.74) is 1.23. The lowest BCUT2D eigenvalue weighted by molar-refractivity contribution is -0.314.